The van der Waals surface area contributed by atoms with Crippen LogP contribution < -0.4 is 39.9 Å². The molecule has 0 radical (unpaired) electrons. The fraction of sp³-hybridized carbons (Fsp3) is 0.379. The number of rotatable bonds is 12. The minimum absolute atomic E-state index is 0. The molecule has 1 nitrogen and oxygen atoms in total. The molecule has 0 aliphatic carbocycles. The van der Waals surface area contributed by atoms with Gasteiger partial charge in [0.2, 0.25) is 0 Å². The maximum atomic E-state index is 15.0. The van der Waals surface area contributed by atoms with Crippen molar-refractivity contribution in [1.29, 1.82) is 0 Å². The number of hydrogen-bond acceptors (Lipinski definition) is 0. The minimum atomic E-state index is -8.66. The summed E-state index contributed by atoms with van der Waals surface area (Å²) in [4.78, 5) is 0. The van der Waals surface area contributed by atoms with Crippen LogP contribution in [0.3, 0.4) is 0 Å². The highest BCUT2D eigenvalue weighted by atomic mass is 127. The first-order valence-electron chi connectivity index (χ1n) is 13.2. The average Bonchev–Trinajstić information content (AvgIpc) is 3.01. The van der Waals surface area contributed by atoms with Crippen molar-refractivity contribution >= 4 is 23.0 Å². The van der Waals surface area contributed by atoms with E-state index >= 15 is 0 Å². The van der Waals surface area contributed by atoms with Crippen LogP contribution in [0.2, 0.25) is 0 Å². The van der Waals surface area contributed by atoms with Crippen molar-refractivity contribution in [3.05, 3.63) is 91.0 Å². The molecule has 3 aromatic carbocycles. The second kappa shape index (κ2) is 13.9. The van der Waals surface area contributed by atoms with Gasteiger partial charge in [-0.25, -0.2) is 0 Å². The largest absolute Gasteiger partial charge is 1.00 e. The van der Waals surface area contributed by atoms with Gasteiger partial charge >= 0.3 is 47.6 Å². The Morgan fingerprint density at radius 3 is 0.980 bits per heavy atom. The Hall–Kier alpha value is -2.57. The lowest BCUT2D eigenvalue weighted by atomic mass is 9.88. The fourth-order valence-corrected chi connectivity index (χ4v) is 9.06. The van der Waals surface area contributed by atoms with E-state index in [1.54, 1.807) is 18.2 Å². The smallest absolute Gasteiger partial charge is 0.460 e. The molecule has 0 saturated carbocycles. The lowest BCUT2D eigenvalue weighted by Gasteiger charge is -2.42. The van der Waals surface area contributed by atoms with Crippen LogP contribution in [0.4, 0.5) is 74.6 Å². The Labute approximate surface area is 284 Å². The molecule has 0 bridgehead atoms. The number of nitrogens with zero attached hydrogens (tertiary/aromatic N) is 1. The summed E-state index contributed by atoms with van der Waals surface area (Å²) in [5.74, 6) is -56.6. The third-order valence-corrected chi connectivity index (χ3v) is 11.8. The Bertz CT molecular complexity index is 1510. The van der Waals surface area contributed by atoms with Crippen molar-refractivity contribution < 1.29 is 103 Å². The Kier molecular flexibility index (Phi) is 12.1. The van der Waals surface area contributed by atoms with Crippen LogP contribution in [0, 0.1) is 0 Å². The van der Waals surface area contributed by atoms with Gasteiger partial charge in [0.15, 0.2) is 7.05 Å². The van der Waals surface area contributed by atoms with Gasteiger partial charge < -0.3 is 24.0 Å². The number of alkyl halides is 17. The number of halogens is 18. The molecule has 0 unspecified atom stereocenters. The van der Waals surface area contributed by atoms with Crippen molar-refractivity contribution in [3.63, 3.8) is 0 Å². The zero-order valence-electron chi connectivity index (χ0n) is 24.3. The van der Waals surface area contributed by atoms with Gasteiger partial charge in [-0.2, -0.15) is 74.6 Å². The molecule has 274 valence electrons. The van der Waals surface area contributed by atoms with Gasteiger partial charge in [0, 0.05) is 15.9 Å². The lowest BCUT2D eigenvalue weighted by Crippen LogP contribution is -3.00. The van der Waals surface area contributed by atoms with Gasteiger partial charge in [0.25, 0.3) is 0 Å². The van der Waals surface area contributed by atoms with Gasteiger partial charge in [-0.1, -0.05) is 54.6 Å². The molecular formula is C29H22F17INP. The van der Waals surface area contributed by atoms with Crippen LogP contribution in [0.1, 0.15) is 6.42 Å². The summed E-state index contributed by atoms with van der Waals surface area (Å²) in [7, 11) is -2.36. The summed E-state index contributed by atoms with van der Waals surface area (Å²) in [5.41, 5.74) is 0. The van der Waals surface area contributed by atoms with Crippen LogP contribution in [-0.2, 0) is 0 Å². The van der Waals surface area contributed by atoms with Crippen molar-refractivity contribution in [2.24, 2.45) is 0 Å². The highest BCUT2D eigenvalue weighted by Gasteiger charge is 2.95. The SMILES string of the molecule is C[N+](CCC(F)(F)C(F)(F)C(F)(F)C(F)(F)C(F)(F)C(F)(F)C(F)(F)C(F)(F)F)=P(c1ccccc1)(c1ccccc1)c1ccccc1.[I-]. The Morgan fingerprint density at radius 1 is 0.429 bits per heavy atom. The van der Waals surface area contributed by atoms with E-state index in [1.165, 1.54) is 72.8 Å². The van der Waals surface area contributed by atoms with Crippen LogP contribution in [0.15, 0.2) is 91.0 Å². The molecule has 0 aromatic heterocycles. The summed E-state index contributed by atoms with van der Waals surface area (Å²) in [5, 5.41) is 1.10. The zero-order valence-corrected chi connectivity index (χ0v) is 27.3. The van der Waals surface area contributed by atoms with Gasteiger partial charge in [0.05, 0.1) is 6.42 Å². The standard InChI is InChI=1S/C29H22F17NP.HI/c1-47(48(19-11-5-2-6-12-19,20-13-7-3-8-14-20)21-15-9-4-10-16-21)18-17-22(30,31)23(32,33)24(34,35)25(36,37)26(38,39)27(40,41)28(42,43)29(44,45)46;/h2-16H,17-18H2,1H3;1H/q+1;/p-1. The highest BCUT2D eigenvalue weighted by molar-refractivity contribution is 7.85. The van der Waals surface area contributed by atoms with Crippen LogP contribution in [-0.4, -0.2) is 65.6 Å². The molecule has 0 heterocycles. The predicted molar refractivity (Wildman–Crippen MR) is 142 cm³/mol. The van der Waals surface area contributed by atoms with Gasteiger partial charge in [-0.15, -0.1) is 0 Å². The third-order valence-electron chi connectivity index (χ3n) is 7.44. The molecule has 0 amide bonds. The maximum absolute atomic E-state index is 15.0. The monoisotopic (exact) mass is 865 g/mol. The Morgan fingerprint density at radius 2 is 0.694 bits per heavy atom. The number of hydrogen-bond donors (Lipinski definition) is 0. The maximum Gasteiger partial charge on any atom is 0.460 e. The molecule has 3 rings (SSSR count). The van der Waals surface area contributed by atoms with E-state index in [4.69, 9.17) is 0 Å². The molecule has 0 spiro atoms. The summed E-state index contributed by atoms with van der Waals surface area (Å²) < 4.78 is 236. The first-order chi connectivity index (χ1) is 21.7. The predicted octanol–water partition coefficient (Wildman–Crippen LogP) is 6.21. The topological polar surface area (TPSA) is 3.01 Å². The van der Waals surface area contributed by atoms with Gasteiger partial charge in [0.1, 0.15) is 13.6 Å². The van der Waals surface area contributed by atoms with Crippen molar-refractivity contribution in [3.8, 4) is 0 Å². The summed E-state index contributed by atoms with van der Waals surface area (Å²) in [6.45, 7) is -1.41. The first kappa shape index (κ1) is 42.6. The zero-order chi connectivity index (χ0) is 36.8. The van der Waals surface area contributed by atoms with E-state index in [0.717, 1.165) is 11.4 Å². The molecule has 3 aromatic rings. The molecule has 0 N–H and O–H groups in total. The fourth-order valence-electron chi connectivity index (χ4n) is 4.78. The summed E-state index contributed by atoms with van der Waals surface area (Å²) in [6.07, 6.45) is -10.4. The first-order valence-corrected chi connectivity index (χ1v) is 14.9. The van der Waals surface area contributed by atoms with E-state index in [-0.39, 0.29) is 24.0 Å². The summed E-state index contributed by atoms with van der Waals surface area (Å²) in [6, 6.07) is 22.7. The van der Waals surface area contributed by atoms with Crippen LogP contribution in [0.25, 0.3) is 0 Å². The molecule has 0 atom stereocenters. The third kappa shape index (κ3) is 6.54. The van der Waals surface area contributed by atoms with Crippen molar-refractivity contribution in [2.45, 2.75) is 54.1 Å². The van der Waals surface area contributed by atoms with Crippen LogP contribution >= 0.6 is 7.05 Å². The van der Waals surface area contributed by atoms with E-state index in [1.807, 2.05) is 0 Å². The molecular weight excluding hydrogens is 843 g/mol. The average molecular weight is 865 g/mol. The van der Waals surface area contributed by atoms with E-state index in [9.17, 15) is 74.6 Å². The summed E-state index contributed by atoms with van der Waals surface area (Å²) >= 11 is 0. The molecule has 0 aliphatic rings. The normalized spacial score (nSPS) is 14.3. The minimum Gasteiger partial charge on any atom is -1.00 e. The number of benzene rings is 3. The van der Waals surface area contributed by atoms with Gasteiger partial charge in [-0.05, 0) is 36.4 Å². The molecule has 0 aliphatic heterocycles. The van der Waals surface area contributed by atoms with E-state index in [0.29, 0.717) is 15.9 Å². The molecule has 0 fully saturated rings. The second-order valence-corrected chi connectivity index (χ2v) is 13.9. The molecule has 49 heavy (non-hydrogen) atoms. The second-order valence-electron chi connectivity index (χ2n) is 10.4. The lowest BCUT2D eigenvalue weighted by molar-refractivity contribution is -0.488. The Balaban J connectivity index is 0.00000833. The van der Waals surface area contributed by atoms with Crippen molar-refractivity contribution in [1.82, 2.24) is 0 Å². The molecule has 0 saturated heterocycles. The molecule has 20 heteroatoms. The quantitative estimate of drug-likeness (QED) is 0.116. The van der Waals surface area contributed by atoms with Crippen LogP contribution in [0.5, 0.6) is 0 Å². The van der Waals surface area contributed by atoms with E-state index in [2.05, 4.69) is 0 Å². The van der Waals surface area contributed by atoms with E-state index < -0.39 is 67.7 Å². The highest BCUT2D eigenvalue weighted by Crippen LogP contribution is 2.64. The van der Waals surface area contributed by atoms with Crippen molar-refractivity contribution in [2.75, 3.05) is 13.6 Å². The van der Waals surface area contributed by atoms with Gasteiger partial charge in [-0.3, -0.25) is 4.33 Å².